The van der Waals surface area contributed by atoms with Gasteiger partial charge in [-0.05, 0) is 54.3 Å². The maximum atomic E-state index is 14.9. The number of hydrogen-bond donors (Lipinski definition) is 3. The molecule has 3 aromatic rings. The Labute approximate surface area is 197 Å². The van der Waals surface area contributed by atoms with Crippen molar-refractivity contribution in [1.29, 1.82) is 0 Å². The van der Waals surface area contributed by atoms with Gasteiger partial charge in [0.05, 0.1) is 10.5 Å². The molecule has 0 fully saturated rings. The standard InChI is InChI=1S/C21H22BrFN4O5S/c1-4-12-5-7-15(23)17(10(12)2)11(3)18(20-25-26-21(29)32-20)27-33(30,31)16-8-6-13(22)9-14(16)19(24)28/h5-9,11,18,27H,4H2,1-3H3,(H2,24,28)(H,26,29). The zero-order valence-corrected chi connectivity index (χ0v) is 20.4. The van der Waals surface area contributed by atoms with Crippen molar-refractivity contribution >= 4 is 31.9 Å². The molecule has 3 rings (SSSR count). The summed E-state index contributed by atoms with van der Waals surface area (Å²) in [6.07, 6.45) is 0.639. The molecule has 0 spiro atoms. The van der Waals surface area contributed by atoms with E-state index in [0.29, 0.717) is 16.5 Å². The Morgan fingerprint density at radius 3 is 2.61 bits per heavy atom. The van der Waals surface area contributed by atoms with Crippen molar-refractivity contribution in [3.05, 3.63) is 79.3 Å². The Hall–Kier alpha value is -2.83. The first-order valence-corrected chi connectivity index (χ1v) is 12.2. The molecule has 2 atom stereocenters. The number of carbonyl (C=O) groups is 1. The van der Waals surface area contributed by atoms with Crippen LogP contribution in [0.2, 0.25) is 0 Å². The first-order chi connectivity index (χ1) is 15.5. The fourth-order valence-electron chi connectivity index (χ4n) is 3.75. The van der Waals surface area contributed by atoms with E-state index in [1.165, 1.54) is 24.3 Å². The highest BCUT2D eigenvalue weighted by molar-refractivity contribution is 9.10. The van der Waals surface area contributed by atoms with E-state index in [1.54, 1.807) is 19.9 Å². The number of nitrogens with zero attached hydrogens (tertiary/aromatic N) is 1. The molecule has 33 heavy (non-hydrogen) atoms. The molecule has 4 N–H and O–H groups in total. The SMILES string of the molecule is CCc1ccc(F)c(C(C)C(NS(=O)(=O)c2ccc(Br)cc2C(N)=O)c2n[nH]c(=O)o2)c1C. The van der Waals surface area contributed by atoms with Crippen LogP contribution in [0.1, 0.15) is 58.7 Å². The number of amides is 1. The third-order valence-corrected chi connectivity index (χ3v) is 7.40. The molecule has 0 radical (unpaired) electrons. The predicted octanol–water partition coefficient (Wildman–Crippen LogP) is 3.06. The van der Waals surface area contributed by atoms with Crippen LogP contribution < -0.4 is 16.2 Å². The lowest BCUT2D eigenvalue weighted by atomic mass is 9.87. The van der Waals surface area contributed by atoms with Crippen LogP contribution in [0.3, 0.4) is 0 Å². The van der Waals surface area contributed by atoms with Crippen molar-refractivity contribution in [3.8, 4) is 0 Å². The maximum Gasteiger partial charge on any atom is 0.434 e. The van der Waals surface area contributed by atoms with Crippen molar-refractivity contribution < 1.29 is 22.0 Å². The van der Waals surface area contributed by atoms with Crippen LogP contribution in [-0.4, -0.2) is 24.5 Å². The molecule has 0 aliphatic heterocycles. The van der Waals surface area contributed by atoms with Crippen LogP contribution in [0.25, 0.3) is 0 Å². The molecule has 0 saturated carbocycles. The lowest BCUT2D eigenvalue weighted by Crippen LogP contribution is -2.34. The van der Waals surface area contributed by atoms with E-state index in [-0.39, 0.29) is 21.9 Å². The number of aromatic amines is 1. The third kappa shape index (κ3) is 5.07. The number of aryl methyl sites for hydroxylation is 1. The second-order valence-corrected chi connectivity index (χ2v) is 10.0. The summed E-state index contributed by atoms with van der Waals surface area (Å²) in [5.41, 5.74) is 6.90. The van der Waals surface area contributed by atoms with Gasteiger partial charge in [-0.15, -0.1) is 5.10 Å². The van der Waals surface area contributed by atoms with Crippen LogP contribution >= 0.6 is 15.9 Å². The fraction of sp³-hybridized carbons (Fsp3) is 0.286. The Morgan fingerprint density at radius 1 is 1.33 bits per heavy atom. The average molecular weight is 541 g/mol. The number of rotatable bonds is 8. The number of benzene rings is 2. The number of H-pyrrole nitrogens is 1. The van der Waals surface area contributed by atoms with Crippen molar-refractivity contribution in [2.75, 3.05) is 0 Å². The summed E-state index contributed by atoms with van der Waals surface area (Å²) in [6.45, 7) is 5.24. The van der Waals surface area contributed by atoms with Gasteiger partial charge in [0, 0.05) is 10.4 Å². The molecule has 0 saturated heterocycles. The third-order valence-electron chi connectivity index (χ3n) is 5.41. The van der Waals surface area contributed by atoms with Crippen molar-refractivity contribution in [3.63, 3.8) is 0 Å². The Balaban J connectivity index is 2.15. The molecular weight excluding hydrogens is 519 g/mol. The lowest BCUT2D eigenvalue weighted by Gasteiger charge is -2.25. The topological polar surface area (TPSA) is 148 Å². The molecule has 0 bridgehead atoms. The number of carbonyl (C=O) groups excluding carboxylic acids is 1. The van der Waals surface area contributed by atoms with Crippen molar-refractivity contribution in [1.82, 2.24) is 14.9 Å². The number of hydrogen-bond acceptors (Lipinski definition) is 6. The van der Waals surface area contributed by atoms with Gasteiger partial charge in [0.15, 0.2) is 0 Å². The monoisotopic (exact) mass is 540 g/mol. The number of aromatic nitrogens is 2. The van der Waals surface area contributed by atoms with Crippen LogP contribution in [-0.2, 0) is 16.4 Å². The van der Waals surface area contributed by atoms with E-state index in [1.807, 2.05) is 6.92 Å². The number of nitrogens with two attached hydrogens (primary N) is 1. The minimum atomic E-state index is -4.40. The van der Waals surface area contributed by atoms with Gasteiger partial charge < -0.3 is 10.2 Å². The predicted molar refractivity (Wildman–Crippen MR) is 122 cm³/mol. The van der Waals surface area contributed by atoms with Gasteiger partial charge in [0.2, 0.25) is 21.8 Å². The summed E-state index contributed by atoms with van der Waals surface area (Å²) in [6, 6.07) is 5.61. The second kappa shape index (κ2) is 9.57. The molecule has 1 heterocycles. The Morgan fingerprint density at radius 2 is 2.03 bits per heavy atom. The van der Waals surface area contributed by atoms with Gasteiger partial charge in [-0.1, -0.05) is 35.8 Å². The Kier molecular flexibility index (Phi) is 7.20. The molecule has 12 heteroatoms. The van der Waals surface area contributed by atoms with Crippen LogP contribution in [0.15, 0.2) is 48.9 Å². The largest absolute Gasteiger partial charge is 0.434 e. The molecule has 2 unspecified atom stereocenters. The number of primary amides is 1. The molecule has 0 aliphatic carbocycles. The summed E-state index contributed by atoms with van der Waals surface area (Å²) in [4.78, 5) is 23.1. The van der Waals surface area contributed by atoms with Crippen LogP contribution in [0.5, 0.6) is 0 Å². The normalized spacial score (nSPS) is 13.6. The van der Waals surface area contributed by atoms with E-state index in [0.717, 1.165) is 5.56 Å². The summed E-state index contributed by atoms with van der Waals surface area (Å²) >= 11 is 3.18. The number of halogens is 2. The van der Waals surface area contributed by atoms with Gasteiger partial charge in [-0.2, -0.15) is 4.72 Å². The molecular formula is C21H22BrFN4O5S. The second-order valence-electron chi connectivity index (χ2n) is 7.44. The summed E-state index contributed by atoms with van der Waals surface area (Å²) < 4.78 is 49.4. The van der Waals surface area contributed by atoms with Crippen molar-refractivity contribution in [2.24, 2.45) is 5.73 Å². The Bertz CT molecular complexity index is 1370. The summed E-state index contributed by atoms with van der Waals surface area (Å²) in [5, 5.41) is 5.85. The number of sulfonamides is 1. The van der Waals surface area contributed by atoms with Gasteiger partial charge in [-0.3, -0.25) is 4.79 Å². The molecule has 176 valence electrons. The van der Waals surface area contributed by atoms with Crippen LogP contribution in [0.4, 0.5) is 4.39 Å². The first kappa shape index (κ1) is 24.8. The van der Waals surface area contributed by atoms with E-state index in [2.05, 4.69) is 30.8 Å². The summed E-state index contributed by atoms with van der Waals surface area (Å²) in [7, 11) is -4.40. The average Bonchev–Trinajstić information content (AvgIpc) is 3.17. The van der Waals surface area contributed by atoms with Crippen LogP contribution in [0, 0.1) is 12.7 Å². The van der Waals surface area contributed by atoms with E-state index >= 15 is 0 Å². The minimum Gasteiger partial charge on any atom is -0.391 e. The number of nitrogens with one attached hydrogen (secondary N) is 2. The van der Waals surface area contributed by atoms with E-state index < -0.39 is 39.5 Å². The van der Waals surface area contributed by atoms with Gasteiger partial charge >= 0.3 is 5.76 Å². The highest BCUT2D eigenvalue weighted by atomic mass is 79.9. The first-order valence-electron chi connectivity index (χ1n) is 9.91. The van der Waals surface area contributed by atoms with Gasteiger partial charge in [0.25, 0.3) is 0 Å². The van der Waals surface area contributed by atoms with Gasteiger partial charge in [-0.25, -0.2) is 22.7 Å². The zero-order valence-electron chi connectivity index (χ0n) is 18.0. The lowest BCUT2D eigenvalue weighted by molar-refractivity contribution is 0.0997. The highest BCUT2D eigenvalue weighted by Gasteiger charge is 2.34. The molecule has 1 aromatic heterocycles. The van der Waals surface area contributed by atoms with Gasteiger partial charge in [0.1, 0.15) is 11.9 Å². The molecule has 0 aliphatic rings. The highest BCUT2D eigenvalue weighted by Crippen LogP contribution is 2.36. The van der Waals surface area contributed by atoms with Crippen molar-refractivity contribution in [2.45, 2.75) is 44.0 Å². The quantitative estimate of drug-likeness (QED) is 0.399. The van der Waals surface area contributed by atoms with E-state index in [4.69, 9.17) is 10.2 Å². The zero-order chi connectivity index (χ0) is 24.5. The maximum absolute atomic E-state index is 14.9. The fourth-order valence-corrected chi connectivity index (χ4v) is 5.57. The smallest absolute Gasteiger partial charge is 0.391 e. The van der Waals surface area contributed by atoms with E-state index in [9.17, 15) is 22.4 Å². The minimum absolute atomic E-state index is 0.248. The summed E-state index contributed by atoms with van der Waals surface area (Å²) in [5.74, 6) is -3.52. The molecule has 2 aromatic carbocycles. The molecule has 9 nitrogen and oxygen atoms in total. The molecule has 1 amide bonds.